The summed E-state index contributed by atoms with van der Waals surface area (Å²) < 4.78 is 2.23. The summed E-state index contributed by atoms with van der Waals surface area (Å²) in [5.41, 5.74) is 3.71. The minimum Gasteiger partial charge on any atom is -0.245 e. The summed E-state index contributed by atoms with van der Waals surface area (Å²) in [4.78, 5) is 3.34. The zero-order chi connectivity index (χ0) is 10.1. The van der Waals surface area contributed by atoms with Gasteiger partial charge in [-0.2, -0.15) is 4.57 Å². The summed E-state index contributed by atoms with van der Waals surface area (Å²) in [6.45, 7) is 6.32. The number of H-pyrrole nitrogens is 1. The first-order valence-corrected chi connectivity index (χ1v) is 4.83. The Kier molecular flexibility index (Phi) is 2.12. The highest BCUT2D eigenvalue weighted by Crippen LogP contribution is 2.06. The van der Waals surface area contributed by atoms with Crippen LogP contribution in [-0.4, -0.2) is 4.98 Å². The van der Waals surface area contributed by atoms with E-state index in [0.29, 0.717) is 0 Å². The lowest BCUT2D eigenvalue weighted by Crippen LogP contribution is -2.34. The van der Waals surface area contributed by atoms with Crippen LogP contribution in [0, 0.1) is 20.8 Å². The second kappa shape index (κ2) is 3.29. The second-order valence-corrected chi connectivity index (χ2v) is 3.59. The number of nitrogens with zero attached hydrogens (tertiary/aromatic N) is 1. The number of aromatic nitrogens is 2. The Bertz CT molecular complexity index is 441. The molecule has 0 bridgehead atoms. The van der Waals surface area contributed by atoms with E-state index in [-0.39, 0.29) is 0 Å². The van der Waals surface area contributed by atoms with Crippen LogP contribution in [0.15, 0.2) is 30.3 Å². The van der Waals surface area contributed by atoms with Gasteiger partial charge in [0, 0.05) is 20.8 Å². The van der Waals surface area contributed by atoms with Crippen LogP contribution in [0.3, 0.4) is 0 Å². The molecule has 0 unspecified atom stereocenters. The third kappa shape index (κ3) is 1.33. The molecule has 1 aromatic heterocycles. The van der Waals surface area contributed by atoms with Crippen molar-refractivity contribution in [2.45, 2.75) is 20.8 Å². The third-order valence-corrected chi connectivity index (χ3v) is 2.60. The first-order valence-electron chi connectivity index (χ1n) is 4.83. The summed E-state index contributed by atoms with van der Waals surface area (Å²) in [6.07, 6.45) is 0. The van der Waals surface area contributed by atoms with Gasteiger partial charge in [-0.15, -0.1) is 0 Å². The number of benzene rings is 1. The maximum atomic E-state index is 3.34. The number of hydrogen-bond donors (Lipinski definition) is 1. The predicted octanol–water partition coefficient (Wildman–Crippen LogP) is 2.22. The van der Waals surface area contributed by atoms with Gasteiger partial charge in [-0.25, -0.2) is 4.98 Å². The molecule has 0 aliphatic rings. The molecule has 0 amide bonds. The van der Waals surface area contributed by atoms with Gasteiger partial charge < -0.3 is 0 Å². The molecule has 2 rings (SSSR count). The molecule has 0 fully saturated rings. The maximum Gasteiger partial charge on any atom is 0.256 e. The van der Waals surface area contributed by atoms with Crippen LogP contribution >= 0.6 is 0 Å². The first kappa shape index (κ1) is 9.00. The van der Waals surface area contributed by atoms with Crippen LogP contribution < -0.4 is 4.57 Å². The standard InChI is InChI=1S/C12H14N2/c1-9-10(2)14(11(3)13-9)12-7-5-4-6-8-12/h4-8H,1-3H3/p+1. The Balaban J connectivity index is 2.62. The molecular weight excluding hydrogens is 172 g/mol. The summed E-state index contributed by atoms with van der Waals surface area (Å²) in [5.74, 6) is 1.17. The Hall–Kier alpha value is -1.57. The highest BCUT2D eigenvalue weighted by molar-refractivity contribution is 5.23. The van der Waals surface area contributed by atoms with Crippen molar-refractivity contribution in [3.8, 4) is 5.69 Å². The molecule has 0 aliphatic heterocycles. The Morgan fingerprint density at radius 3 is 2.14 bits per heavy atom. The van der Waals surface area contributed by atoms with E-state index in [2.05, 4.69) is 54.6 Å². The molecule has 0 saturated heterocycles. The lowest BCUT2D eigenvalue weighted by molar-refractivity contribution is -0.608. The van der Waals surface area contributed by atoms with E-state index in [1.807, 2.05) is 6.07 Å². The van der Waals surface area contributed by atoms with E-state index in [4.69, 9.17) is 0 Å². The largest absolute Gasteiger partial charge is 0.256 e. The summed E-state index contributed by atoms with van der Waals surface area (Å²) in [7, 11) is 0. The van der Waals surface area contributed by atoms with E-state index >= 15 is 0 Å². The number of para-hydroxylation sites is 1. The average Bonchev–Trinajstić information content (AvgIpc) is 2.43. The molecule has 0 atom stereocenters. The number of imidazole rings is 1. The summed E-state index contributed by atoms with van der Waals surface area (Å²) in [5, 5.41) is 0. The minimum atomic E-state index is 1.17. The minimum absolute atomic E-state index is 1.17. The van der Waals surface area contributed by atoms with E-state index < -0.39 is 0 Å². The third-order valence-electron chi connectivity index (χ3n) is 2.60. The van der Waals surface area contributed by atoms with Gasteiger partial charge in [-0.1, -0.05) is 18.2 Å². The van der Waals surface area contributed by atoms with Crippen LogP contribution in [-0.2, 0) is 0 Å². The fourth-order valence-corrected chi connectivity index (χ4v) is 1.80. The maximum absolute atomic E-state index is 3.34. The fraction of sp³-hybridized carbons (Fsp3) is 0.250. The zero-order valence-corrected chi connectivity index (χ0v) is 8.83. The highest BCUT2D eigenvalue weighted by Gasteiger charge is 2.16. The van der Waals surface area contributed by atoms with Gasteiger partial charge in [0.1, 0.15) is 17.1 Å². The van der Waals surface area contributed by atoms with Crippen molar-refractivity contribution in [1.82, 2.24) is 4.98 Å². The van der Waals surface area contributed by atoms with Crippen molar-refractivity contribution in [3.63, 3.8) is 0 Å². The molecule has 0 spiro atoms. The van der Waals surface area contributed by atoms with Crippen LogP contribution in [0.5, 0.6) is 0 Å². The molecule has 2 heteroatoms. The second-order valence-electron chi connectivity index (χ2n) is 3.59. The Labute approximate surface area is 84.2 Å². The normalized spacial score (nSPS) is 10.5. The van der Waals surface area contributed by atoms with Crippen molar-refractivity contribution in [2.75, 3.05) is 0 Å². The molecule has 2 aromatic rings. The molecule has 1 N–H and O–H groups in total. The number of aromatic amines is 1. The topological polar surface area (TPSA) is 19.7 Å². The van der Waals surface area contributed by atoms with Gasteiger partial charge in [-0.05, 0) is 12.1 Å². The monoisotopic (exact) mass is 187 g/mol. The molecular formula is C12H15N2+. The molecule has 1 aromatic carbocycles. The number of hydrogen-bond acceptors (Lipinski definition) is 0. The Morgan fingerprint density at radius 2 is 1.64 bits per heavy atom. The van der Waals surface area contributed by atoms with Gasteiger partial charge in [0.15, 0.2) is 0 Å². The number of rotatable bonds is 1. The predicted molar refractivity (Wildman–Crippen MR) is 56.5 cm³/mol. The van der Waals surface area contributed by atoms with Gasteiger partial charge in [0.25, 0.3) is 5.82 Å². The average molecular weight is 187 g/mol. The SMILES string of the molecule is Cc1[nH]c(C)[n+](-c2ccccc2)c1C. The quantitative estimate of drug-likeness (QED) is 0.660. The van der Waals surface area contributed by atoms with E-state index in [9.17, 15) is 0 Å². The molecule has 2 nitrogen and oxygen atoms in total. The van der Waals surface area contributed by atoms with Gasteiger partial charge in [0.05, 0.1) is 0 Å². The molecule has 1 heterocycles. The fourth-order valence-electron chi connectivity index (χ4n) is 1.80. The van der Waals surface area contributed by atoms with E-state index in [0.717, 1.165) is 0 Å². The van der Waals surface area contributed by atoms with Crippen molar-refractivity contribution < 1.29 is 4.57 Å². The van der Waals surface area contributed by atoms with E-state index in [1.165, 1.54) is 22.9 Å². The first-order chi connectivity index (χ1) is 6.70. The smallest absolute Gasteiger partial charge is 0.245 e. The van der Waals surface area contributed by atoms with Crippen LogP contribution in [0.4, 0.5) is 0 Å². The zero-order valence-electron chi connectivity index (χ0n) is 8.83. The summed E-state index contributed by atoms with van der Waals surface area (Å²) in [6, 6.07) is 10.4. The summed E-state index contributed by atoms with van der Waals surface area (Å²) >= 11 is 0. The van der Waals surface area contributed by atoms with Crippen molar-refractivity contribution in [1.29, 1.82) is 0 Å². The van der Waals surface area contributed by atoms with Crippen LogP contribution in [0.25, 0.3) is 5.69 Å². The highest BCUT2D eigenvalue weighted by atomic mass is 15.1. The van der Waals surface area contributed by atoms with E-state index in [1.54, 1.807) is 0 Å². The van der Waals surface area contributed by atoms with Crippen molar-refractivity contribution >= 4 is 0 Å². The van der Waals surface area contributed by atoms with Gasteiger partial charge in [0.2, 0.25) is 0 Å². The molecule has 0 radical (unpaired) electrons. The molecule has 72 valence electrons. The number of nitrogens with one attached hydrogen (secondary N) is 1. The van der Waals surface area contributed by atoms with Crippen molar-refractivity contribution in [3.05, 3.63) is 47.5 Å². The van der Waals surface area contributed by atoms with Crippen LogP contribution in [0.1, 0.15) is 17.2 Å². The Morgan fingerprint density at radius 1 is 1.00 bits per heavy atom. The number of aryl methyl sites for hydroxylation is 2. The van der Waals surface area contributed by atoms with Crippen molar-refractivity contribution in [2.24, 2.45) is 0 Å². The molecule has 0 aliphatic carbocycles. The van der Waals surface area contributed by atoms with Gasteiger partial charge in [-0.3, -0.25) is 0 Å². The van der Waals surface area contributed by atoms with Gasteiger partial charge >= 0.3 is 0 Å². The molecule has 0 saturated carbocycles. The lowest BCUT2D eigenvalue weighted by atomic mass is 10.3. The molecule has 14 heavy (non-hydrogen) atoms. The van der Waals surface area contributed by atoms with Crippen LogP contribution in [0.2, 0.25) is 0 Å². The lowest BCUT2D eigenvalue weighted by Gasteiger charge is -1.98.